The number of aliphatic hydroxyl groups excluding tert-OH is 1. The average molecular weight is 247 g/mol. The lowest BCUT2D eigenvalue weighted by atomic mass is 9.94. The van der Waals surface area contributed by atoms with Gasteiger partial charge in [0, 0.05) is 6.54 Å². The summed E-state index contributed by atoms with van der Waals surface area (Å²) in [6, 6.07) is 8.15. The average Bonchev–Trinajstić information content (AvgIpc) is 2.40. The summed E-state index contributed by atoms with van der Waals surface area (Å²) in [5.41, 5.74) is 2.27. The van der Waals surface area contributed by atoms with Crippen molar-refractivity contribution < 1.29 is 5.11 Å². The number of benzene rings is 1. The molecule has 1 atom stereocenters. The number of nitrogens with zero attached hydrogens (tertiary/aromatic N) is 1. The van der Waals surface area contributed by atoms with Gasteiger partial charge in [0.25, 0.3) is 0 Å². The highest BCUT2D eigenvalue weighted by Crippen LogP contribution is 2.23. The SMILES string of the molecule is CCC1CCN(CC(O)c2ccccc2C)CC1. The van der Waals surface area contributed by atoms with Gasteiger partial charge in [-0.3, -0.25) is 0 Å². The molecule has 1 aliphatic heterocycles. The van der Waals surface area contributed by atoms with E-state index < -0.39 is 0 Å². The molecule has 0 spiro atoms. The summed E-state index contributed by atoms with van der Waals surface area (Å²) >= 11 is 0. The first-order chi connectivity index (χ1) is 8.70. The van der Waals surface area contributed by atoms with Crippen LogP contribution in [0.2, 0.25) is 0 Å². The molecule has 1 aromatic carbocycles. The van der Waals surface area contributed by atoms with Crippen LogP contribution in [-0.4, -0.2) is 29.6 Å². The van der Waals surface area contributed by atoms with Gasteiger partial charge in [0.05, 0.1) is 6.10 Å². The van der Waals surface area contributed by atoms with E-state index in [0.717, 1.165) is 31.1 Å². The van der Waals surface area contributed by atoms with Crippen LogP contribution in [0.4, 0.5) is 0 Å². The van der Waals surface area contributed by atoms with Gasteiger partial charge in [-0.1, -0.05) is 37.6 Å². The third-order valence-corrected chi connectivity index (χ3v) is 4.26. The van der Waals surface area contributed by atoms with Gasteiger partial charge in [0.2, 0.25) is 0 Å². The van der Waals surface area contributed by atoms with Crippen molar-refractivity contribution >= 4 is 0 Å². The molecule has 0 bridgehead atoms. The quantitative estimate of drug-likeness (QED) is 0.883. The highest BCUT2D eigenvalue weighted by Gasteiger charge is 2.20. The molecule has 0 amide bonds. The van der Waals surface area contributed by atoms with Crippen molar-refractivity contribution in [2.75, 3.05) is 19.6 Å². The molecular formula is C16H25NO. The monoisotopic (exact) mass is 247 g/mol. The lowest BCUT2D eigenvalue weighted by Gasteiger charge is -2.33. The zero-order valence-electron chi connectivity index (χ0n) is 11.6. The van der Waals surface area contributed by atoms with Crippen LogP contribution >= 0.6 is 0 Å². The van der Waals surface area contributed by atoms with E-state index in [2.05, 4.69) is 24.8 Å². The van der Waals surface area contributed by atoms with Gasteiger partial charge in [0.1, 0.15) is 0 Å². The number of likely N-dealkylation sites (tertiary alicyclic amines) is 1. The normalized spacial score (nSPS) is 19.9. The first kappa shape index (κ1) is 13.6. The predicted octanol–water partition coefficient (Wildman–Crippen LogP) is 3.15. The number of piperidine rings is 1. The Balaban J connectivity index is 1.89. The highest BCUT2D eigenvalue weighted by molar-refractivity contribution is 5.27. The molecule has 1 heterocycles. The van der Waals surface area contributed by atoms with Gasteiger partial charge >= 0.3 is 0 Å². The standard InChI is InChI=1S/C16H25NO/c1-3-14-8-10-17(11-9-14)12-16(18)15-7-5-4-6-13(15)2/h4-7,14,16,18H,3,8-12H2,1-2H3. The van der Waals surface area contributed by atoms with Crippen molar-refractivity contribution in [3.63, 3.8) is 0 Å². The van der Waals surface area contributed by atoms with Crippen LogP contribution in [0.3, 0.4) is 0 Å². The fourth-order valence-corrected chi connectivity index (χ4v) is 2.88. The van der Waals surface area contributed by atoms with Crippen LogP contribution in [0.5, 0.6) is 0 Å². The molecule has 18 heavy (non-hydrogen) atoms. The summed E-state index contributed by atoms with van der Waals surface area (Å²) in [6.07, 6.45) is 3.53. The van der Waals surface area contributed by atoms with Gasteiger partial charge in [-0.15, -0.1) is 0 Å². The first-order valence-electron chi connectivity index (χ1n) is 7.16. The summed E-state index contributed by atoms with van der Waals surface area (Å²) in [4.78, 5) is 2.41. The van der Waals surface area contributed by atoms with Crippen LogP contribution in [0, 0.1) is 12.8 Å². The molecule has 1 unspecified atom stereocenters. The van der Waals surface area contributed by atoms with Crippen molar-refractivity contribution in [2.45, 2.75) is 39.2 Å². The number of hydrogen-bond donors (Lipinski definition) is 1. The number of aryl methyl sites for hydroxylation is 1. The molecule has 0 aromatic heterocycles. The summed E-state index contributed by atoms with van der Waals surface area (Å²) in [5, 5.41) is 10.3. The summed E-state index contributed by atoms with van der Waals surface area (Å²) in [6.45, 7) is 7.41. The third kappa shape index (κ3) is 3.33. The van der Waals surface area contributed by atoms with Crippen molar-refractivity contribution in [1.29, 1.82) is 0 Å². The van der Waals surface area contributed by atoms with E-state index in [-0.39, 0.29) is 6.10 Å². The summed E-state index contributed by atoms with van der Waals surface area (Å²) in [7, 11) is 0. The predicted molar refractivity (Wildman–Crippen MR) is 75.6 cm³/mol. The van der Waals surface area contributed by atoms with Crippen LogP contribution in [-0.2, 0) is 0 Å². The second kappa shape index (κ2) is 6.35. The van der Waals surface area contributed by atoms with E-state index >= 15 is 0 Å². The Labute approximate surface area is 111 Å². The Bertz CT molecular complexity index is 369. The van der Waals surface area contributed by atoms with E-state index in [1.54, 1.807) is 0 Å². The molecular weight excluding hydrogens is 222 g/mol. The summed E-state index contributed by atoms with van der Waals surface area (Å²) in [5.74, 6) is 0.900. The number of aliphatic hydroxyl groups is 1. The molecule has 0 saturated carbocycles. The molecule has 100 valence electrons. The van der Waals surface area contributed by atoms with Crippen LogP contribution < -0.4 is 0 Å². The molecule has 1 aliphatic rings. The maximum Gasteiger partial charge on any atom is 0.0919 e. The maximum absolute atomic E-state index is 10.3. The van der Waals surface area contributed by atoms with Crippen LogP contribution in [0.25, 0.3) is 0 Å². The lowest BCUT2D eigenvalue weighted by Crippen LogP contribution is -2.36. The fourth-order valence-electron chi connectivity index (χ4n) is 2.88. The topological polar surface area (TPSA) is 23.5 Å². The Kier molecular flexibility index (Phi) is 4.79. The second-order valence-corrected chi connectivity index (χ2v) is 5.52. The van der Waals surface area contributed by atoms with E-state index in [0.29, 0.717) is 0 Å². The van der Waals surface area contributed by atoms with Crippen molar-refractivity contribution in [3.05, 3.63) is 35.4 Å². The minimum atomic E-state index is -0.343. The largest absolute Gasteiger partial charge is 0.387 e. The zero-order chi connectivity index (χ0) is 13.0. The zero-order valence-corrected chi connectivity index (χ0v) is 11.6. The van der Waals surface area contributed by atoms with Crippen molar-refractivity contribution in [3.8, 4) is 0 Å². The Morgan fingerprint density at radius 2 is 1.94 bits per heavy atom. The highest BCUT2D eigenvalue weighted by atomic mass is 16.3. The van der Waals surface area contributed by atoms with E-state index in [9.17, 15) is 5.11 Å². The van der Waals surface area contributed by atoms with Crippen LogP contribution in [0.1, 0.15) is 43.4 Å². The Morgan fingerprint density at radius 1 is 1.28 bits per heavy atom. The number of hydrogen-bond acceptors (Lipinski definition) is 2. The summed E-state index contributed by atoms with van der Waals surface area (Å²) < 4.78 is 0. The number of rotatable bonds is 4. The lowest BCUT2D eigenvalue weighted by molar-refractivity contribution is 0.0884. The third-order valence-electron chi connectivity index (χ3n) is 4.26. The second-order valence-electron chi connectivity index (χ2n) is 5.52. The Hall–Kier alpha value is -0.860. The molecule has 1 aromatic rings. The van der Waals surface area contributed by atoms with E-state index in [4.69, 9.17) is 0 Å². The van der Waals surface area contributed by atoms with Crippen molar-refractivity contribution in [2.24, 2.45) is 5.92 Å². The first-order valence-corrected chi connectivity index (χ1v) is 7.16. The molecule has 1 N–H and O–H groups in total. The molecule has 2 nitrogen and oxygen atoms in total. The molecule has 0 radical (unpaired) electrons. The van der Waals surface area contributed by atoms with Gasteiger partial charge in [-0.2, -0.15) is 0 Å². The smallest absolute Gasteiger partial charge is 0.0919 e. The minimum Gasteiger partial charge on any atom is -0.387 e. The van der Waals surface area contributed by atoms with Gasteiger partial charge in [-0.25, -0.2) is 0 Å². The number of β-amino-alcohol motifs (C(OH)–C–C–N with tert-alkyl or cyclic N) is 1. The maximum atomic E-state index is 10.3. The van der Waals surface area contributed by atoms with Gasteiger partial charge in [0.15, 0.2) is 0 Å². The molecule has 0 aliphatic carbocycles. The molecule has 2 heteroatoms. The van der Waals surface area contributed by atoms with Crippen molar-refractivity contribution in [1.82, 2.24) is 4.90 Å². The van der Waals surface area contributed by atoms with Gasteiger partial charge < -0.3 is 10.0 Å². The van der Waals surface area contributed by atoms with Gasteiger partial charge in [-0.05, 0) is 49.9 Å². The van der Waals surface area contributed by atoms with Crippen LogP contribution in [0.15, 0.2) is 24.3 Å². The molecule has 1 saturated heterocycles. The Morgan fingerprint density at radius 3 is 2.56 bits per heavy atom. The fraction of sp³-hybridized carbons (Fsp3) is 0.625. The molecule has 2 rings (SSSR count). The van der Waals surface area contributed by atoms with E-state index in [1.165, 1.54) is 24.8 Å². The molecule has 1 fully saturated rings. The van der Waals surface area contributed by atoms with E-state index in [1.807, 2.05) is 18.2 Å². The minimum absolute atomic E-state index is 0.343.